The van der Waals surface area contributed by atoms with Crippen LogP contribution in [0.3, 0.4) is 0 Å². The monoisotopic (exact) mass is 464 g/mol. The summed E-state index contributed by atoms with van der Waals surface area (Å²) in [6.07, 6.45) is 7.33. The van der Waals surface area contributed by atoms with Crippen LogP contribution < -0.4 is 14.2 Å². The van der Waals surface area contributed by atoms with Gasteiger partial charge in [-0.05, 0) is 98.5 Å². The number of piperidine rings is 1. The third-order valence-electron chi connectivity index (χ3n) is 7.47. The van der Waals surface area contributed by atoms with Crippen molar-refractivity contribution in [2.45, 2.75) is 44.9 Å². The molecule has 3 aliphatic rings. The van der Waals surface area contributed by atoms with Crippen molar-refractivity contribution in [1.29, 1.82) is 0 Å². The number of aryl methyl sites for hydroxylation is 1. The summed E-state index contributed by atoms with van der Waals surface area (Å²) in [5.74, 6) is 3.32. The summed E-state index contributed by atoms with van der Waals surface area (Å²) in [6, 6.07) is 12.5. The standard InChI is InChI=1S/C28H36N2O4/c1-32-25-9-7-21(8-10-25)5-2-3-12-29-13-4-6-22(18-29)19-30-14-11-23-15-26-27(34-20-33-26)16-24(23)17-28(30)31/h7-10,15-16,22H,2-6,11-14,17-20H2,1H3. The quantitative estimate of drug-likeness (QED) is 0.551. The van der Waals surface area contributed by atoms with E-state index in [1.807, 2.05) is 18.2 Å². The van der Waals surface area contributed by atoms with Crippen LogP contribution in [0.5, 0.6) is 17.2 Å². The number of fused-ring (bicyclic) bond motifs is 2. The largest absolute Gasteiger partial charge is 0.497 e. The van der Waals surface area contributed by atoms with Gasteiger partial charge in [-0.25, -0.2) is 0 Å². The lowest BCUT2D eigenvalue weighted by atomic mass is 9.96. The zero-order valence-electron chi connectivity index (χ0n) is 20.3. The van der Waals surface area contributed by atoms with Gasteiger partial charge in [0.15, 0.2) is 11.5 Å². The lowest BCUT2D eigenvalue weighted by Gasteiger charge is -2.35. The van der Waals surface area contributed by atoms with E-state index in [0.29, 0.717) is 12.3 Å². The predicted octanol–water partition coefficient (Wildman–Crippen LogP) is 4.09. The number of rotatable bonds is 8. The van der Waals surface area contributed by atoms with Gasteiger partial charge in [-0.1, -0.05) is 12.1 Å². The molecule has 5 rings (SSSR count). The Morgan fingerprint density at radius 2 is 1.82 bits per heavy atom. The molecule has 0 spiro atoms. The van der Waals surface area contributed by atoms with E-state index in [-0.39, 0.29) is 12.7 Å². The van der Waals surface area contributed by atoms with Crippen LogP contribution in [-0.4, -0.2) is 62.3 Å². The SMILES string of the molecule is COc1ccc(CCCCN2CCCC(CN3CCc4cc5c(cc4CC3=O)OCO5)C2)cc1. The van der Waals surface area contributed by atoms with Gasteiger partial charge in [-0.15, -0.1) is 0 Å². The van der Waals surface area contributed by atoms with Crippen LogP contribution in [-0.2, 0) is 24.1 Å². The number of amides is 1. The van der Waals surface area contributed by atoms with E-state index in [1.165, 1.54) is 43.4 Å². The van der Waals surface area contributed by atoms with Crippen LogP contribution in [0, 0.1) is 5.92 Å². The molecule has 0 saturated carbocycles. The van der Waals surface area contributed by atoms with Gasteiger partial charge in [0, 0.05) is 19.6 Å². The first-order chi connectivity index (χ1) is 16.7. The van der Waals surface area contributed by atoms with Crippen molar-refractivity contribution in [3.05, 3.63) is 53.1 Å². The number of hydrogen-bond acceptors (Lipinski definition) is 5. The molecule has 1 atom stereocenters. The number of likely N-dealkylation sites (tertiary alicyclic amines) is 1. The molecule has 182 valence electrons. The lowest BCUT2D eigenvalue weighted by molar-refractivity contribution is -0.131. The summed E-state index contributed by atoms with van der Waals surface area (Å²) >= 11 is 0. The number of benzene rings is 2. The number of ether oxygens (including phenoxy) is 3. The van der Waals surface area contributed by atoms with Crippen molar-refractivity contribution in [2.75, 3.05) is 46.6 Å². The second-order valence-electron chi connectivity index (χ2n) is 9.85. The second kappa shape index (κ2) is 10.7. The molecule has 0 aromatic heterocycles. The fourth-order valence-corrected chi connectivity index (χ4v) is 5.54. The number of carbonyl (C=O) groups is 1. The summed E-state index contributed by atoms with van der Waals surface area (Å²) in [4.78, 5) is 17.8. The minimum absolute atomic E-state index is 0.245. The van der Waals surface area contributed by atoms with Crippen molar-refractivity contribution in [3.63, 3.8) is 0 Å². The Labute approximate surface area is 202 Å². The van der Waals surface area contributed by atoms with Gasteiger partial charge < -0.3 is 24.0 Å². The normalized spacial score (nSPS) is 20.2. The summed E-state index contributed by atoms with van der Waals surface area (Å²) in [7, 11) is 1.71. The number of carbonyl (C=O) groups excluding carboxylic acids is 1. The molecule has 2 aromatic rings. The average molecular weight is 465 g/mol. The van der Waals surface area contributed by atoms with Crippen LogP contribution in [0.25, 0.3) is 0 Å². The topological polar surface area (TPSA) is 51.2 Å². The molecule has 6 nitrogen and oxygen atoms in total. The van der Waals surface area contributed by atoms with E-state index in [1.54, 1.807) is 7.11 Å². The Bertz CT molecular complexity index is 991. The smallest absolute Gasteiger partial charge is 0.231 e. The van der Waals surface area contributed by atoms with E-state index < -0.39 is 0 Å². The fourth-order valence-electron chi connectivity index (χ4n) is 5.54. The summed E-state index contributed by atoms with van der Waals surface area (Å²) in [5, 5.41) is 0. The van der Waals surface area contributed by atoms with Gasteiger partial charge in [-0.2, -0.15) is 0 Å². The Balaban J connectivity index is 1.08. The first kappa shape index (κ1) is 23.0. The van der Waals surface area contributed by atoms with Gasteiger partial charge in [0.25, 0.3) is 0 Å². The maximum absolute atomic E-state index is 13.1. The molecule has 6 heteroatoms. The van der Waals surface area contributed by atoms with Crippen LogP contribution in [0.1, 0.15) is 42.4 Å². The molecule has 1 saturated heterocycles. The molecule has 3 heterocycles. The van der Waals surface area contributed by atoms with Crippen LogP contribution in [0.4, 0.5) is 0 Å². The number of hydrogen-bond donors (Lipinski definition) is 0. The Hall–Kier alpha value is -2.73. The zero-order chi connectivity index (χ0) is 23.3. The minimum atomic E-state index is 0.245. The third kappa shape index (κ3) is 5.49. The average Bonchev–Trinajstić information content (AvgIpc) is 3.26. The highest BCUT2D eigenvalue weighted by molar-refractivity contribution is 5.80. The highest BCUT2D eigenvalue weighted by Gasteiger charge is 2.28. The maximum atomic E-state index is 13.1. The summed E-state index contributed by atoms with van der Waals surface area (Å²) < 4.78 is 16.3. The number of methoxy groups -OCH3 is 1. The van der Waals surface area contributed by atoms with E-state index in [4.69, 9.17) is 14.2 Å². The van der Waals surface area contributed by atoms with Crippen LogP contribution in [0.2, 0.25) is 0 Å². The number of nitrogens with zero attached hydrogens (tertiary/aromatic N) is 2. The van der Waals surface area contributed by atoms with Crippen LogP contribution in [0.15, 0.2) is 36.4 Å². The van der Waals surface area contributed by atoms with Crippen molar-refractivity contribution in [3.8, 4) is 17.2 Å². The molecule has 0 N–H and O–H groups in total. The molecule has 0 bridgehead atoms. The summed E-state index contributed by atoms with van der Waals surface area (Å²) in [5.41, 5.74) is 3.70. The Morgan fingerprint density at radius 1 is 1.03 bits per heavy atom. The van der Waals surface area contributed by atoms with Crippen LogP contribution >= 0.6 is 0 Å². The van der Waals surface area contributed by atoms with Crippen molar-refractivity contribution < 1.29 is 19.0 Å². The van der Waals surface area contributed by atoms with Gasteiger partial charge in [0.1, 0.15) is 5.75 Å². The highest BCUT2D eigenvalue weighted by atomic mass is 16.7. The van der Waals surface area contributed by atoms with E-state index in [9.17, 15) is 4.79 Å². The first-order valence-corrected chi connectivity index (χ1v) is 12.7. The van der Waals surface area contributed by atoms with E-state index >= 15 is 0 Å². The molecular weight excluding hydrogens is 428 g/mol. The molecule has 34 heavy (non-hydrogen) atoms. The molecule has 0 aliphatic carbocycles. The third-order valence-corrected chi connectivity index (χ3v) is 7.47. The first-order valence-electron chi connectivity index (χ1n) is 12.7. The molecule has 3 aliphatic heterocycles. The van der Waals surface area contributed by atoms with Crippen molar-refractivity contribution in [1.82, 2.24) is 9.80 Å². The van der Waals surface area contributed by atoms with Crippen molar-refractivity contribution >= 4 is 5.91 Å². The van der Waals surface area contributed by atoms with Gasteiger partial charge in [0.05, 0.1) is 13.5 Å². The van der Waals surface area contributed by atoms with E-state index in [0.717, 1.165) is 61.8 Å². The van der Waals surface area contributed by atoms with E-state index in [2.05, 4.69) is 28.0 Å². The molecule has 0 radical (unpaired) electrons. The molecule has 1 unspecified atom stereocenters. The maximum Gasteiger partial charge on any atom is 0.231 e. The Kier molecular flexibility index (Phi) is 7.24. The van der Waals surface area contributed by atoms with Gasteiger partial charge in [-0.3, -0.25) is 4.79 Å². The fraction of sp³-hybridized carbons (Fsp3) is 0.536. The highest BCUT2D eigenvalue weighted by Crippen LogP contribution is 2.36. The molecule has 1 fully saturated rings. The molecule has 2 aromatic carbocycles. The molecular formula is C28H36N2O4. The van der Waals surface area contributed by atoms with Gasteiger partial charge >= 0.3 is 0 Å². The predicted molar refractivity (Wildman–Crippen MR) is 132 cm³/mol. The zero-order valence-corrected chi connectivity index (χ0v) is 20.3. The van der Waals surface area contributed by atoms with Crippen molar-refractivity contribution in [2.24, 2.45) is 5.92 Å². The number of unbranched alkanes of at least 4 members (excludes halogenated alkanes) is 1. The minimum Gasteiger partial charge on any atom is -0.497 e. The Morgan fingerprint density at radius 3 is 2.62 bits per heavy atom. The van der Waals surface area contributed by atoms with Gasteiger partial charge in [0.2, 0.25) is 12.7 Å². The summed E-state index contributed by atoms with van der Waals surface area (Å²) in [6.45, 7) is 5.39. The molecule has 1 amide bonds. The lowest BCUT2D eigenvalue weighted by Crippen LogP contribution is -2.43. The second-order valence-corrected chi connectivity index (χ2v) is 9.85.